The fraction of sp³-hybridized carbons (Fsp3) is 0.350. The van der Waals surface area contributed by atoms with Crippen LogP contribution in [-0.4, -0.2) is 12.6 Å². The number of carbonyl (C=O) groups is 1. The standard InChI is InChI=1S/C20H22O2/c1-3-20(19(21)22-4-2)17(15-11-7-5-8-12-15)18(20)16-13-9-6-10-14-16/h5-14,17-18H,3-4H2,1-2H3/t17-,18-/m1/s1. The number of benzene rings is 2. The first kappa shape index (κ1) is 14.8. The Morgan fingerprint density at radius 1 is 0.909 bits per heavy atom. The van der Waals surface area contributed by atoms with Gasteiger partial charge in [-0.05, 0) is 24.5 Å². The van der Waals surface area contributed by atoms with Crippen molar-refractivity contribution in [3.05, 3.63) is 71.8 Å². The fourth-order valence-corrected chi connectivity index (χ4v) is 3.84. The Hall–Kier alpha value is -2.09. The predicted octanol–water partition coefficient (Wildman–Crippen LogP) is 4.53. The van der Waals surface area contributed by atoms with Gasteiger partial charge in [0.05, 0.1) is 12.0 Å². The van der Waals surface area contributed by atoms with E-state index in [-0.39, 0.29) is 17.8 Å². The van der Waals surface area contributed by atoms with Gasteiger partial charge in [0, 0.05) is 11.8 Å². The van der Waals surface area contributed by atoms with E-state index in [1.54, 1.807) is 0 Å². The fourth-order valence-electron chi connectivity index (χ4n) is 3.84. The lowest BCUT2D eigenvalue weighted by atomic mass is 9.94. The highest BCUT2D eigenvalue weighted by Crippen LogP contribution is 2.72. The lowest BCUT2D eigenvalue weighted by Crippen LogP contribution is -2.21. The van der Waals surface area contributed by atoms with Gasteiger partial charge in [0.1, 0.15) is 0 Å². The average Bonchev–Trinajstić information content (AvgIpc) is 3.27. The summed E-state index contributed by atoms with van der Waals surface area (Å²) in [6, 6.07) is 20.7. The van der Waals surface area contributed by atoms with Crippen molar-refractivity contribution < 1.29 is 9.53 Å². The number of hydrogen-bond acceptors (Lipinski definition) is 2. The SMILES string of the molecule is CCOC(=O)C1(CC)[C@H](c2ccccc2)[C@H]1c1ccccc1. The highest BCUT2D eigenvalue weighted by Gasteiger charge is 2.69. The normalized spacial score (nSPS) is 26.5. The highest BCUT2D eigenvalue weighted by molar-refractivity contribution is 5.85. The number of esters is 1. The molecule has 3 rings (SSSR count). The maximum atomic E-state index is 12.7. The molecule has 2 aromatic rings. The molecule has 2 nitrogen and oxygen atoms in total. The molecule has 0 amide bonds. The zero-order valence-electron chi connectivity index (χ0n) is 13.2. The van der Waals surface area contributed by atoms with Gasteiger partial charge in [0.25, 0.3) is 0 Å². The van der Waals surface area contributed by atoms with Crippen LogP contribution >= 0.6 is 0 Å². The summed E-state index contributed by atoms with van der Waals surface area (Å²) in [6.07, 6.45) is 0.797. The molecule has 1 saturated carbocycles. The van der Waals surface area contributed by atoms with Gasteiger partial charge in [-0.3, -0.25) is 4.79 Å². The molecule has 2 heteroatoms. The molecule has 2 aromatic carbocycles. The average molecular weight is 294 g/mol. The molecule has 0 spiro atoms. The smallest absolute Gasteiger partial charge is 0.313 e. The number of hydrogen-bond donors (Lipinski definition) is 0. The second-order valence-electron chi connectivity index (χ2n) is 5.89. The third-order valence-electron chi connectivity index (χ3n) is 4.89. The van der Waals surface area contributed by atoms with E-state index < -0.39 is 5.41 Å². The van der Waals surface area contributed by atoms with E-state index in [1.165, 1.54) is 11.1 Å². The van der Waals surface area contributed by atoms with Crippen molar-refractivity contribution in [1.82, 2.24) is 0 Å². The van der Waals surface area contributed by atoms with Crippen molar-refractivity contribution in [2.24, 2.45) is 5.41 Å². The zero-order valence-corrected chi connectivity index (χ0v) is 13.2. The van der Waals surface area contributed by atoms with Crippen LogP contribution in [-0.2, 0) is 9.53 Å². The molecule has 0 aromatic heterocycles. The van der Waals surface area contributed by atoms with Crippen LogP contribution < -0.4 is 0 Å². The van der Waals surface area contributed by atoms with Crippen molar-refractivity contribution in [2.75, 3.05) is 6.61 Å². The largest absolute Gasteiger partial charge is 0.466 e. The molecule has 22 heavy (non-hydrogen) atoms. The summed E-state index contributed by atoms with van der Waals surface area (Å²) in [6.45, 7) is 4.40. The van der Waals surface area contributed by atoms with Crippen LogP contribution in [0.2, 0.25) is 0 Å². The van der Waals surface area contributed by atoms with Gasteiger partial charge >= 0.3 is 5.97 Å². The number of rotatable bonds is 5. The summed E-state index contributed by atoms with van der Waals surface area (Å²) < 4.78 is 5.42. The van der Waals surface area contributed by atoms with Gasteiger partial charge in [-0.1, -0.05) is 67.6 Å². The maximum absolute atomic E-state index is 12.7. The van der Waals surface area contributed by atoms with Gasteiger partial charge in [0.2, 0.25) is 0 Å². The molecular weight excluding hydrogens is 272 g/mol. The first-order valence-electron chi connectivity index (χ1n) is 8.02. The third kappa shape index (κ3) is 2.23. The van der Waals surface area contributed by atoms with Gasteiger partial charge in [-0.2, -0.15) is 0 Å². The van der Waals surface area contributed by atoms with Crippen molar-refractivity contribution in [2.45, 2.75) is 32.1 Å². The summed E-state index contributed by atoms with van der Waals surface area (Å²) >= 11 is 0. The molecule has 0 aliphatic heterocycles. The summed E-state index contributed by atoms with van der Waals surface area (Å²) in [5, 5.41) is 0. The number of carbonyl (C=O) groups excluding carboxylic acids is 1. The molecule has 1 fully saturated rings. The molecule has 1 aliphatic carbocycles. The van der Waals surface area contributed by atoms with E-state index in [1.807, 2.05) is 43.3 Å². The van der Waals surface area contributed by atoms with Gasteiger partial charge in [-0.25, -0.2) is 0 Å². The second kappa shape index (κ2) is 5.96. The predicted molar refractivity (Wildman–Crippen MR) is 87.7 cm³/mol. The van der Waals surface area contributed by atoms with Gasteiger partial charge in [0.15, 0.2) is 0 Å². The first-order valence-corrected chi connectivity index (χ1v) is 8.02. The van der Waals surface area contributed by atoms with Crippen molar-refractivity contribution in [1.29, 1.82) is 0 Å². The van der Waals surface area contributed by atoms with Crippen LogP contribution in [0.1, 0.15) is 43.2 Å². The Morgan fingerprint density at radius 2 is 1.36 bits per heavy atom. The van der Waals surface area contributed by atoms with Crippen LogP contribution in [0.25, 0.3) is 0 Å². The molecule has 2 atom stereocenters. The van der Waals surface area contributed by atoms with Gasteiger partial charge in [-0.15, -0.1) is 0 Å². The van der Waals surface area contributed by atoms with E-state index in [0.717, 1.165) is 6.42 Å². The minimum absolute atomic E-state index is 0.0554. The van der Waals surface area contributed by atoms with Crippen molar-refractivity contribution >= 4 is 5.97 Å². The van der Waals surface area contributed by atoms with E-state index >= 15 is 0 Å². The van der Waals surface area contributed by atoms with E-state index in [4.69, 9.17) is 4.74 Å². The third-order valence-corrected chi connectivity index (χ3v) is 4.89. The Balaban J connectivity index is 2.03. The topological polar surface area (TPSA) is 26.3 Å². The van der Waals surface area contributed by atoms with Crippen LogP contribution in [0.15, 0.2) is 60.7 Å². The summed E-state index contributed by atoms with van der Waals surface area (Å²) in [5.41, 5.74) is 2.04. The lowest BCUT2D eigenvalue weighted by molar-refractivity contribution is -0.150. The Labute approximate surface area is 132 Å². The molecule has 0 unspecified atom stereocenters. The maximum Gasteiger partial charge on any atom is 0.313 e. The van der Waals surface area contributed by atoms with E-state index in [0.29, 0.717) is 6.61 Å². The molecule has 0 bridgehead atoms. The Bertz CT molecular complexity index is 588. The zero-order chi connectivity index (χ0) is 15.6. The van der Waals surface area contributed by atoms with Crippen LogP contribution in [0.5, 0.6) is 0 Å². The Kier molecular flexibility index (Phi) is 4.02. The molecule has 1 aliphatic rings. The molecule has 114 valence electrons. The number of ether oxygens (including phenoxy) is 1. The quantitative estimate of drug-likeness (QED) is 0.757. The molecule has 0 heterocycles. The summed E-state index contributed by atoms with van der Waals surface area (Å²) in [7, 11) is 0. The van der Waals surface area contributed by atoms with Crippen molar-refractivity contribution in [3.63, 3.8) is 0 Å². The van der Waals surface area contributed by atoms with Gasteiger partial charge < -0.3 is 4.74 Å². The van der Waals surface area contributed by atoms with Crippen LogP contribution in [0.3, 0.4) is 0 Å². The van der Waals surface area contributed by atoms with Crippen LogP contribution in [0.4, 0.5) is 0 Å². The summed E-state index contributed by atoms with van der Waals surface area (Å²) in [5.74, 6) is 0.362. The molecular formula is C20H22O2. The monoisotopic (exact) mass is 294 g/mol. The summed E-state index contributed by atoms with van der Waals surface area (Å²) in [4.78, 5) is 12.7. The first-order chi connectivity index (χ1) is 10.8. The molecule has 0 saturated heterocycles. The lowest BCUT2D eigenvalue weighted by Gasteiger charge is -2.14. The minimum Gasteiger partial charge on any atom is -0.466 e. The van der Waals surface area contributed by atoms with Crippen LogP contribution in [0, 0.1) is 5.41 Å². The minimum atomic E-state index is -0.418. The van der Waals surface area contributed by atoms with Crippen molar-refractivity contribution in [3.8, 4) is 0 Å². The highest BCUT2D eigenvalue weighted by atomic mass is 16.5. The van der Waals surface area contributed by atoms with E-state index in [9.17, 15) is 4.79 Å². The molecule has 0 N–H and O–H groups in total. The Morgan fingerprint density at radius 3 is 1.73 bits per heavy atom. The van der Waals surface area contributed by atoms with E-state index in [2.05, 4.69) is 31.2 Å². The molecule has 0 radical (unpaired) electrons. The second-order valence-corrected chi connectivity index (χ2v) is 5.89.